The van der Waals surface area contributed by atoms with Gasteiger partial charge in [0.05, 0.1) is 5.69 Å². The van der Waals surface area contributed by atoms with Crippen LogP contribution in [-0.4, -0.2) is 19.7 Å². The first kappa shape index (κ1) is 9.64. The highest BCUT2D eigenvalue weighted by Gasteiger charge is 2.08. The molecule has 5 nitrogen and oxygen atoms in total. The predicted molar refractivity (Wildman–Crippen MR) is 58.0 cm³/mol. The summed E-state index contributed by atoms with van der Waals surface area (Å²) < 4.78 is 1.75. The number of hydrogen-bond donors (Lipinski definition) is 1. The Kier molecular flexibility index (Phi) is 2.37. The summed E-state index contributed by atoms with van der Waals surface area (Å²) in [7, 11) is 1.87. The monoisotopic (exact) mass is 203 g/mol. The van der Waals surface area contributed by atoms with Crippen LogP contribution in [0.1, 0.15) is 12.7 Å². The van der Waals surface area contributed by atoms with Gasteiger partial charge in [0.15, 0.2) is 11.6 Å². The molecule has 0 amide bonds. The van der Waals surface area contributed by atoms with E-state index in [1.807, 2.05) is 20.0 Å². The summed E-state index contributed by atoms with van der Waals surface area (Å²) in [6, 6.07) is 1.84. The molecular formula is C10H13N5. The maximum atomic E-state index is 5.67. The zero-order valence-corrected chi connectivity index (χ0v) is 8.81. The van der Waals surface area contributed by atoms with Crippen molar-refractivity contribution in [2.45, 2.75) is 13.3 Å². The number of hydrogen-bond acceptors (Lipinski definition) is 4. The van der Waals surface area contributed by atoms with Crippen LogP contribution in [0.2, 0.25) is 0 Å². The number of nitrogens with two attached hydrogens (primary N) is 1. The van der Waals surface area contributed by atoms with E-state index in [-0.39, 0.29) is 0 Å². The molecule has 0 saturated heterocycles. The van der Waals surface area contributed by atoms with Crippen LogP contribution >= 0.6 is 0 Å². The van der Waals surface area contributed by atoms with Crippen LogP contribution in [0.25, 0.3) is 11.4 Å². The molecule has 0 bridgehead atoms. The number of rotatable bonds is 2. The van der Waals surface area contributed by atoms with Crippen LogP contribution in [0.3, 0.4) is 0 Å². The Hall–Kier alpha value is -1.91. The van der Waals surface area contributed by atoms with Crippen molar-refractivity contribution in [3.8, 4) is 11.4 Å². The fraction of sp³-hybridized carbons (Fsp3) is 0.300. The van der Waals surface area contributed by atoms with Crippen LogP contribution < -0.4 is 5.73 Å². The minimum Gasteiger partial charge on any atom is -0.397 e. The molecule has 0 fully saturated rings. The molecular weight excluding hydrogens is 190 g/mol. The maximum Gasteiger partial charge on any atom is 0.159 e. The SMILES string of the molecule is CCc1nc(-c2cncc(N)c2)n(C)n1. The number of nitrogens with zero attached hydrogens (tertiary/aromatic N) is 4. The molecule has 0 saturated carbocycles. The summed E-state index contributed by atoms with van der Waals surface area (Å²) in [5.41, 5.74) is 7.19. The third kappa shape index (κ3) is 1.81. The predicted octanol–water partition coefficient (Wildman–Crippen LogP) is 1.02. The Bertz CT molecular complexity index is 474. The summed E-state index contributed by atoms with van der Waals surface area (Å²) in [5, 5.41) is 4.27. The Labute approximate surface area is 88.0 Å². The van der Waals surface area contributed by atoms with Gasteiger partial charge < -0.3 is 5.73 Å². The summed E-state index contributed by atoms with van der Waals surface area (Å²) in [5.74, 6) is 1.63. The summed E-state index contributed by atoms with van der Waals surface area (Å²) in [4.78, 5) is 8.43. The van der Waals surface area contributed by atoms with Gasteiger partial charge in [-0.05, 0) is 6.07 Å². The zero-order valence-electron chi connectivity index (χ0n) is 8.81. The molecule has 0 aliphatic carbocycles. The fourth-order valence-corrected chi connectivity index (χ4v) is 1.42. The van der Waals surface area contributed by atoms with Crippen molar-refractivity contribution in [3.05, 3.63) is 24.3 Å². The summed E-state index contributed by atoms with van der Waals surface area (Å²) in [6.07, 6.45) is 4.17. The highest BCUT2D eigenvalue weighted by atomic mass is 15.3. The molecule has 0 aromatic carbocycles. The molecule has 0 unspecified atom stereocenters. The van der Waals surface area contributed by atoms with E-state index in [1.165, 1.54) is 0 Å². The first-order chi connectivity index (χ1) is 7.20. The number of anilines is 1. The molecule has 0 atom stereocenters. The van der Waals surface area contributed by atoms with Crippen molar-refractivity contribution in [1.82, 2.24) is 19.7 Å². The molecule has 5 heteroatoms. The van der Waals surface area contributed by atoms with Gasteiger partial charge in [0, 0.05) is 31.4 Å². The van der Waals surface area contributed by atoms with Crippen molar-refractivity contribution >= 4 is 5.69 Å². The van der Waals surface area contributed by atoms with Crippen molar-refractivity contribution in [2.24, 2.45) is 7.05 Å². The van der Waals surface area contributed by atoms with Gasteiger partial charge in [0.25, 0.3) is 0 Å². The molecule has 0 radical (unpaired) electrons. The van der Waals surface area contributed by atoms with Gasteiger partial charge in [-0.1, -0.05) is 6.92 Å². The Morgan fingerprint density at radius 3 is 2.80 bits per heavy atom. The fourth-order valence-electron chi connectivity index (χ4n) is 1.42. The van der Waals surface area contributed by atoms with Gasteiger partial charge in [0.1, 0.15) is 0 Å². The van der Waals surface area contributed by atoms with E-state index < -0.39 is 0 Å². The lowest BCUT2D eigenvalue weighted by Gasteiger charge is -1.99. The van der Waals surface area contributed by atoms with Crippen LogP contribution in [0.15, 0.2) is 18.5 Å². The van der Waals surface area contributed by atoms with Gasteiger partial charge in [0.2, 0.25) is 0 Å². The topological polar surface area (TPSA) is 69.6 Å². The summed E-state index contributed by atoms with van der Waals surface area (Å²) >= 11 is 0. The van der Waals surface area contributed by atoms with E-state index in [4.69, 9.17) is 5.73 Å². The normalized spacial score (nSPS) is 10.5. The zero-order chi connectivity index (χ0) is 10.8. The number of nitrogen functional groups attached to an aromatic ring is 1. The lowest BCUT2D eigenvalue weighted by Crippen LogP contribution is -1.96. The minimum atomic E-state index is 0.633. The quantitative estimate of drug-likeness (QED) is 0.791. The average molecular weight is 203 g/mol. The van der Waals surface area contributed by atoms with Gasteiger partial charge in [-0.3, -0.25) is 4.98 Å². The molecule has 2 rings (SSSR count). The second-order valence-electron chi connectivity index (χ2n) is 3.34. The Balaban J connectivity index is 2.48. The van der Waals surface area contributed by atoms with Crippen molar-refractivity contribution < 1.29 is 0 Å². The van der Waals surface area contributed by atoms with Gasteiger partial charge >= 0.3 is 0 Å². The molecule has 2 N–H and O–H groups in total. The van der Waals surface area contributed by atoms with Gasteiger partial charge in [-0.25, -0.2) is 9.67 Å². The Morgan fingerprint density at radius 2 is 2.20 bits per heavy atom. The molecule has 0 aliphatic heterocycles. The number of aromatic nitrogens is 4. The average Bonchev–Trinajstić information content (AvgIpc) is 2.60. The minimum absolute atomic E-state index is 0.633. The van der Waals surface area contributed by atoms with E-state index in [2.05, 4.69) is 15.1 Å². The van der Waals surface area contributed by atoms with E-state index in [9.17, 15) is 0 Å². The molecule has 0 spiro atoms. The number of pyridine rings is 1. The molecule has 15 heavy (non-hydrogen) atoms. The lowest BCUT2D eigenvalue weighted by molar-refractivity contribution is 0.752. The lowest BCUT2D eigenvalue weighted by atomic mass is 10.2. The van der Waals surface area contributed by atoms with E-state index in [1.54, 1.807) is 17.1 Å². The third-order valence-corrected chi connectivity index (χ3v) is 2.14. The number of aryl methyl sites for hydroxylation is 2. The van der Waals surface area contributed by atoms with Crippen LogP contribution in [0, 0.1) is 0 Å². The van der Waals surface area contributed by atoms with Gasteiger partial charge in [-0.15, -0.1) is 0 Å². The molecule has 78 valence electrons. The summed E-state index contributed by atoms with van der Waals surface area (Å²) in [6.45, 7) is 2.02. The van der Waals surface area contributed by atoms with Crippen molar-refractivity contribution in [3.63, 3.8) is 0 Å². The van der Waals surface area contributed by atoms with Crippen LogP contribution in [0.5, 0.6) is 0 Å². The molecule has 0 aliphatic rings. The Morgan fingerprint density at radius 1 is 1.40 bits per heavy atom. The first-order valence-electron chi connectivity index (χ1n) is 4.81. The van der Waals surface area contributed by atoms with E-state index in [0.717, 1.165) is 23.6 Å². The smallest absolute Gasteiger partial charge is 0.159 e. The largest absolute Gasteiger partial charge is 0.397 e. The van der Waals surface area contributed by atoms with Crippen molar-refractivity contribution in [2.75, 3.05) is 5.73 Å². The molecule has 2 heterocycles. The van der Waals surface area contributed by atoms with Crippen molar-refractivity contribution in [1.29, 1.82) is 0 Å². The molecule has 2 aromatic heterocycles. The second-order valence-corrected chi connectivity index (χ2v) is 3.34. The maximum absolute atomic E-state index is 5.67. The second kappa shape index (κ2) is 3.68. The first-order valence-corrected chi connectivity index (χ1v) is 4.81. The highest BCUT2D eigenvalue weighted by molar-refractivity contribution is 5.59. The van der Waals surface area contributed by atoms with E-state index >= 15 is 0 Å². The van der Waals surface area contributed by atoms with E-state index in [0.29, 0.717) is 5.69 Å². The third-order valence-electron chi connectivity index (χ3n) is 2.14. The standard InChI is InChI=1S/C10H13N5/c1-3-9-13-10(15(2)14-9)7-4-8(11)6-12-5-7/h4-6H,3,11H2,1-2H3. The highest BCUT2D eigenvalue weighted by Crippen LogP contribution is 2.17. The van der Waals surface area contributed by atoms with Crippen LogP contribution in [0.4, 0.5) is 5.69 Å². The van der Waals surface area contributed by atoms with Crippen LogP contribution in [-0.2, 0) is 13.5 Å². The van der Waals surface area contributed by atoms with Gasteiger partial charge in [-0.2, -0.15) is 5.10 Å². The molecule has 2 aromatic rings.